The first-order valence-corrected chi connectivity index (χ1v) is 17.2. The Labute approximate surface area is 298 Å². The number of fused-ring (bicyclic) bond motifs is 3. The fourth-order valence-corrected chi connectivity index (χ4v) is 7.62. The molecule has 9 nitrogen and oxygen atoms in total. The first-order valence-electron chi connectivity index (χ1n) is 17.2. The van der Waals surface area contributed by atoms with Gasteiger partial charge in [-0.25, -0.2) is 14.2 Å². The summed E-state index contributed by atoms with van der Waals surface area (Å²) in [7, 11) is 1.86. The molecule has 6 aromatic carbocycles. The maximum atomic E-state index is 14.4. The Kier molecular flexibility index (Phi) is 7.29. The predicted molar refractivity (Wildman–Crippen MR) is 204 cm³/mol. The molecule has 0 aliphatic carbocycles. The van der Waals surface area contributed by atoms with Crippen LogP contribution in [0.15, 0.2) is 161 Å². The molecule has 0 bridgehead atoms. The SMILES string of the molecule is CC(c1ccccc1)n1c(=O)[nH]c2cc3c(cc2c1=O)c(-c1ccc2nnn(C)c2c1)nn3C(c1ccccc1)(c1ccccc1)c1ccccc1. The topological polar surface area (TPSA) is 103 Å². The van der Waals surface area contributed by atoms with Crippen LogP contribution >= 0.6 is 0 Å². The molecule has 3 aromatic heterocycles. The van der Waals surface area contributed by atoms with E-state index >= 15 is 0 Å². The van der Waals surface area contributed by atoms with Crippen molar-refractivity contribution in [1.82, 2.24) is 34.3 Å². The van der Waals surface area contributed by atoms with Crippen molar-refractivity contribution < 1.29 is 0 Å². The molecule has 0 aliphatic rings. The average Bonchev–Trinajstić information content (AvgIpc) is 3.75. The van der Waals surface area contributed by atoms with Crippen molar-refractivity contribution in [2.45, 2.75) is 18.5 Å². The Hall–Kier alpha value is -6.87. The van der Waals surface area contributed by atoms with Crippen LogP contribution in [-0.4, -0.2) is 34.3 Å². The van der Waals surface area contributed by atoms with Gasteiger partial charge in [-0.1, -0.05) is 133 Å². The zero-order chi connectivity index (χ0) is 35.4. The van der Waals surface area contributed by atoms with Crippen LogP contribution in [0, 0.1) is 0 Å². The summed E-state index contributed by atoms with van der Waals surface area (Å²) in [5.41, 5.74) is 6.36. The van der Waals surface area contributed by atoms with E-state index in [-0.39, 0.29) is 5.56 Å². The van der Waals surface area contributed by atoms with Gasteiger partial charge in [0.05, 0.1) is 28.0 Å². The van der Waals surface area contributed by atoms with Gasteiger partial charge in [0.25, 0.3) is 5.56 Å². The molecular weight excluding hydrogens is 647 g/mol. The summed E-state index contributed by atoms with van der Waals surface area (Å²) in [6.45, 7) is 1.87. The lowest BCUT2D eigenvalue weighted by Gasteiger charge is -2.37. The van der Waals surface area contributed by atoms with Crippen LogP contribution < -0.4 is 11.2 Å². The summed E-state index contributed by atoms with van der Waals surface area (Å²) in [6.07, 6.45) is 0. The molecule has 1 N–H and O–H groups in total. The summed E-state index contributed by atoms with van der Waals surface area (Å²) in [6, 6.07) is 49.8. The summed E-state index contributed by atoms with van der Waals surface area (Å²) < 4.78 is 5.09. The molecule has 3 heterocycles. The zero-order valence-corrected chi connectivity index (χ0v) is 28.5. The van der Waals surface area contributed by atoms with Crippen LogP contribution in [0.3, 0.4) is 0 Å². The van der Waals surface area contributed by atoms with Gasteiger partial charge in [-0.2, -0.15) is 5.10 Å². The van der Waals surface area contributed by atoms with Gasteiger partial charge in [0.1, 0.15) is 16.7 Å². The lowest BCUT2D eigenvalue weighted by molar-refractivity contribution is 0.477. The lowest BCUT2D eigenvalue weighted by Crippen LogP contribution is -2.39. The van der Waals surface area contributed by atoms with E-state index in [0.717, 1.165) is 49.8 Å². The number of hydrogen-bond acceptors (Lipinski definition) is 5. The number of benzene rings is 6. The number of nitrogens with one attached hydrogen (secondary N) is 1. The highest BCUT2D eigenvalue weighted by Gasteiger charge is 2.41. The molecule has 252 valence electrons. The second kappa shape index (κ2) is 12.2. The van der Waals surface area contributed by atoms with Gasteiger partial charge in [-0.05, 0) is 53.4 Å². The van der Waals surface area contributed by atoms with E-state index < -0.39 is 17.3 Å². The molecule has 9 aromatic rings. The van der Waals surface area contributed by atoms with Crippen molar-refractivity contribution in [1.29, 1.82) is 0 Å². The minimum Gasteiger partial charge on any atom is -0.307 e. The van der Waals surface area contributed by atoms with Crippen LogP contribution in [0.5, 0.6) is 0 Å². The number of rotatable bonds is 7. The fraction of sp³-hybridized carbons (Fsp3) is 0.0930. The molecule has 0 saturated heterocycles. The van der Waals surface area contributed by atoms with E-state index in [2.05, 4.69) is 56.4 Å². The molecule has 9 rings (SSSR count). The van der Waals surface area contributed by atoms with E-state index in [0.29, 0.717) is 16.6 Å². The van der Waals surface area contributed by atoms with Gasteiger partial charge < -0.3 is 4.98 Å². The normalized spacial score (nSPS) is 12.5. The molecular formula is C43H33N7O2. The number of aromatic nitrogens is 7. The van der Waals surface area contributed by atoms with Crippen LogP contribution in [0.2, 0.25) is 0 Å². The molecule has 1 unspecified atom stereocenters. The van der Waals surface area contributed by atoms with Crippen LogP contribution in [-0.2, 0) is 12.6 Å². The highest BCUT2D eigenvalue weighted by molar-refractivity contribution is 6.02. The van der Waals surface area contributed by atoms with Crippen LogP contribution in [0.25, 0.3) is 44.1 Å². The second-order valence-electron chi connectivity index (χ2n) is 13.1. The third-order valence-electron chi connectivity index (χ3n) is 10.2. The third kappa shape index (κ3) is 4.74. The molecule has 9 heteroatoms. The molecule has 1 atom stereocenters. The van der Waals surface area contributed by atoms with Crippen molar-refractivity contribution in [3.8, 4) is 11.3 Å². The Morgan fingerprint density at radius 1 is 0.654 bits per heavy atom. The maximum Gasteiger partial charge on any atom is 0.329 e. The Morgan fingerprint density at radius 3 is 1.83 bits per heavy atom. The Morgan fingerprint density at radius 2 is 1.23 bits per heavy atom. The summed E-state index contributed by atoms with van der Waals surface area (Å²) in [4.78, 5) is 31.2. The highest BCUT2D eigenvalue weighted by Crippen LogP contribution is 2.44. The first-order chi connectivity index (χ1) is 25.4. The van der Waals surface area contributed by atoms with Crippen LogP contribution in [0.4, 0.5) is 0 Å². The smallest absolute Gasteiger partial charge is 0.307 e. The van der Waals surface area contributed by atoms with Gasteiger partial charge in [-0.3, -0.25) is 9.36 Å². The Bertz CT molecular complexity index is 2760. The summed E-state index contributed by atoms with van der Waals surface area (Å²) in [5.74, 6) is 0. The van der Waals surface area contributed by atoms with Crippen molar-refractivity contribution in [3.63, 3.8) is 0 Å². The molecule has 0 radical (unpaired) electrons. The maximum absolute atomic E-state index is 14.4. The second-order valence-corrected chi connectivity index (χ2v) is 13.1. The van der Waals surface area contributed by atoms with E-state index in [1.807, 2.05) is 129 Å². The molecule has 0 fully saturated rings. The minimum atomic E-state index is -0.955. The summed E-state index contributed by atoms with van der Waals surface area (Å²) >= 11 is 0. The van der Waals surface area contributed by atoms with Gasteiger partial charge >= 0.3 is 5.69 Å². The largest absolute Gasteiger partial charge is 0.329 e. The van der Waals surface area contributed by atoms with E-state index in [1.54, 1.807) is 4.68 Å². The summed E-state index contributed by atoms with van der Waals surface area (Å²) in [5, 5.41) is 15.2. The fourth-order valence-electron chi connectivity index (χ4n) is 7.62. The first kappa shape index (κ1) is 31.1. The minimum absolute atomic E-state index is 0.373. The van der Waals surface area contributed by atoms with Gasteiger partial charge in [0.15, 0.2) is 0 Å². The zero-order valence-electron chi connectivity index (χ0n) is 28.5. The van der Waals surface area contributed by atoms with Crippen molar-refractivity contribution >= 4 is 32.8 Å². The molecule has 0 aliphatic heterocycles. The monoisotopic (exact) mass is 679 g/mol. The van der Waals surface area contributed by atoms with E-state index in [4.69, 9.17) is 5.10 Å². The van der Waals surface area contributed by atoms with Crippen molar-refractivity contribution in [2.24, 2.45) is 7.05 Å². The van der Waals surface area contributed by atoms with Gasteiger partial charge in [0.2, 0.25) is 0 Å². The van der Waals surface area contributed by atoms with Crippen LogP contribution in [0.1, 0.15) is 35.2 Å². The molecule has 0 saturated carbocycles. The highest BCUT2D eigenvalue weighted by atomic mass is 16.2. The van der Waals surface area contributed by atoms with Crippen molar-refractivity contribution in [2.75, 3.05) is 0 Å². The van der Waals surface area contributed by atoms with Crippen molar-refractivity contribution in [3.05, 3.63) is 195 Å². The van der Waals surface area contributed by atoms with Gasteiger partial charge in [0, 0.05) is 18.0 Å². The number of aromatic amines is 1. The predicted octanol–water partition coefficient (Wildman–Crippen LogP) is 7.44. The molecule has 0 spiro atoms. The molecule has 52 heavy (non-hydrogen) atoms. The molecule has 0 amide bonds. The number of nitrogens with zero attached hydrogens (tertiary/aromatic N) is 6. The average molecular weight is 680 g/mol. The van der Waals surface area contributed by atoms with Gasteiger partial charge in [-0.15, -0.1) is 5.10 Å². The standard InChI is InChI=1S/C43H33N7O2/c1-28(29-15-7-3-8-16-29)49-41(51)34-26-35-38(27-37(34)44-42(49)52)50(46-40(35)30-23-24-36-39(25-30)48(2)47-45-36)43(31-17-9-4-10-18-31,32-19-11-5-12-20-32)33-21-13-6-14-22-33/h3-28H,1-2H3,(H,44,52). The number of H-pyrrole nitrogens is 1. The van der Waals surface area contributed by atoms with E-state index in [1.165, 1.54) is 4.57 Å². The van der Waals surface area contributed by atoms with E-state index in [9.17, 15) is 9.59 Å². The lowest BCUT2D eigenvalue weighted by atomic mass is 9.77. The number of hydrogen-bond donors (Lipinski definition) is 1. The Balaban J connectivity index is 1.43. The quantitative estimate of drug-likeness (QED) is 0.177. The number of aryl methyl sites for hydroxylation is 1. The third-order valence-corrected chi connectivity index (χ3v) is 10.2.